The maximum atomic E-state index is 12.6. The molecule has 2 aliphatic heterocycles. The normalized spacial score (nSPS) is 16.9. The van der Waals surface area contributed by atoms with Crippen molar-refractivity contribution in [2.75, 3.05) is 7.11 Å². The molecule has 0 aromatic heterocycles. The second kappa shape index (κ2) is 9.23. The summed E-state index contributed by atoms with van der Waals surface area (Å²) in [6.07, 6.45) is 2.36. The van der Waals surface area contributed by atoms with Crippen LogP contribution < -0.4 is 9.47 Å². The number of ether oxygens (including phenoxy) is 2. The number of fused-ring (bicyclic) bond motifs is 1. The van der Waals surface area contributed by atoms with E-state index in [-0.39, 0.29) is 11.4 Å². The van der Waals surface area contributed by atoms with Crippen molar-refractivity contribution in [3.05, 3.63) is 62.7 Å². The molecule has 2 aromatic carbocycles. The number of hydrogen-bond acceptors (Lipinski definition) is 6. The Hall–Kier alpha value is -2.66. The van der Waals surface area contributed by atoms with Gasteiger partial charge in [-0.2, -0.15) is 15.1 Å². The fourth-order valence-electron chi connectivity index (χ4n) is 3.03. The molecule has 0 fully saturated rings. The van der Waals surface area contributed by atoms with Crippen molar-refractivity contribution >= 4 is 62.4 Å². The van der Waals surface area contributed by atoms with Crippen molar-refractivity contribution in [2.45, 2.75) is 20.0 Å². The van der Waals surface area contributed by atoms with Crippen LogP contribution in [0.1, 0.15) is 24.5 Å². The molecule has 0 saturated carbocycles. The molecule has 31 heavy (non-hydrogen) atoms. The number of amidine groups is 2. The Morgan fingerprint density at radius 3 is 2.74 bits per heavy atom. The number of rotatable bonds is 6. The molecule has 7 nitrogen and oxygen atoms in total. The number of amides is 1. The highest BCUT2D eigenvalue weighted by atomic mass is 127. The Morgan fingerprint density at radius 1 is 1.26 bits per heavy atom. The van der Waals surface area contributed by atoms with Crippen LogP contribution in [-0.4, -0.2) is 34.1 Å². The van der Waals surface area contributed by atoms with Crippen LogP contribution in [0.2, 0.25) is 0 Å². The van der Waals surface area contributed by atoms with Crippen molar-refractivity contribution < 1.29 is 14.3 Å². The van der Waals surface area contributed by atoms with E-state index in [9.17, 15) is 4.79 Å². The molecule has 158 valence electrons. The fourth-order valence-corrected chi connectivity index (χ4v) is 4.64. The van der Waals surface area contributed by atoms with Gasteiger partial charge in [-0.1, -0.05) is 37.3 Å². The molecular formula is C22H19IN4O3S. The van der Waals surface area contributed by atoms with Crippen LogP contribution in [0.25, 0.3) is 6.08 Å². The molecule has 0 unspecified atom stereocenters. The lowest BCUT2D eigenvalue weighted by atomic mass is 10.1. The van der Waals surface area contributed by atoms with Gasteiger partial charge in [0.05, 0.1) is 16.3 Å². The summed E-state index contributed by atoms with van der Waals surface area (Å²) < 4.78 is 12.4. The van der Waals surface area contributed by atoms with Gasteiger partial charge in [0.15, 0.2) is 17.3 Å². The zero-order valence-corrected chi connectivity index (χ0v) is 19.9. The summed E-state index contributed by atoms with van der Waals surface area (Å²) in [5.41, 5.74) is 1.95. The molecule has 0 saturated heterocycles. The summed E-state index contributed by atoms with van der Waals surface area (Å²) in [5.74, 6) is 0.753. The zero-order chi connectivity index (χ0) is 22.0. The number of nitrogens with one attached hydrogen (secondary N) is 1. The number of carbonyl (C=O) groups excluding carboxylic acids is 1. The molecule has 0 spiro atoms. The minimum atomic E-state index is -0.449. The van der Waals surface area contributed by atoms with Crippen LogP contribution in [0, 0.1) is 8.98 Å². The first-order valence-corrected chi connectivity index (χ1v) is 11.4. The Bertz CT molecular complexity index is 1140. The van der Waals surface area contributed by atoms with Gasteiger partial charge in [0.25, 0.3) is 5.91 Å². The van der Waals surface area contributed by atoms with E-state index in [4.69, 9.17) is 14.9 Å². The van der Waals surface area contributed by atoms with E-state index in [1.807, 2.05) is 43.3 Å². The summed E-state index contributed by atoms with van der Waals surface area (Å²) in [6.45, 7) is 2.39. The number of aliphatic imine (C=N–C) groups is 1. The number of nitrogens with zero attached hydrogens (tertiary/aromatic N) is 3. The Kier molecular flexibility index (Phi) is 6.42. The number of methoxy groups -OCH3 is 1. The highest BCUT2D eigenvalue weighted by Crippen LogP contribution is 2.36. The maximum Gasteiger partial charge on any atom is 0.283 e. The minimum Gasteiger partial charge on any atom is -0.493 e. The third-order valence-corrected chi connectivity index (χ3v) is 6.44. The molecule has 0 bridgehead atoms. The third kappa shape index (κ3) is 4.52. The number of hydrogen-bond donors (Lipinski definition) is 1. The summed E-state index contributed by atoms with van der Waals surface area (Å²) in [4.78, 5) is 16.7. The van der Waals surface area contributed by atoms with Gasteiger partial charge in [-0.25, -0.2) is 0 Å². The predicted molar refractivity (Wildman–Crippen MR) is 132 cm³/mol. The number of benzene rings is 2. The number of carbonyl (C=O) groups is 1. The largest absolute Gasteiger partial charge is 0.493 e. The Morgan fingerprint density at radius 2 is 2.03 bits per heavy atom. The van der Waals surface area contributed by atoms with E-state index in [1.165, 1.54) is 16.8 Å². The molecule has 0 aliphatic carbocycles. The van der Waals surface area contributed by atoms with E-state index >= 15 is 0 Å². The quantitative estimate of drug-likeness (QED) is 0.411. The predicted octanol–water partition coefficient (Wildman–Crippen LogP) is 4.91. The second-order valence-electron chi connectivity index (χ2n) is 6.68. The monoisotopic (exact) mass is 546 g/mol. The molecule has 1 N–H and O–H groups in total. The van der Waals surface area contributed by atoms with E-state index < -0.39 is 5.91 Å². The number of halogens is 1. The molecule has 0 radical (unpaired) electrons. The Balaban J connectivity index is 1.62. The van der Waals surface area contributed by atoms with Gasteiger partial charge in [-0.05, 0) is 70.1 Å². The molecule has 4 rings (SSSR count). The van der Waals surface area contributed by atoms with Gasteiger partial charge in [0.1, 0.15) is 11.7 Å². The van der Waals surface area contributed by atoms with Crippen molar-refractivity contribution in [2.24, 2.45) is 10.1 Å². The summed E-state index contributed by atoms with van der Waals surface area (Å²) in [6, 6.07) is 13.6. The molecule has 2 aromatic rings. The van der Waals surface area contributed by atoms with Gasteiger partial charge < -0.3 is 9.47 Å². The molecule has 9 heteroatoms. The van der Waals surface area contributed by atoms with E-state index in [0.717, 1.165) is 20.6 Å². The van der Waals surface area contributed by atoms with Crippen LogP contribution in [0.15, 0.2) is 58.1 Å². The van der Waals surface area contributed by atoms with Crippen LogP contribution in [-0.2, 0) is 11.4 Å². The van der Waals surface area contributed by atoms with Crippen molar-refractivity contribution in [3.63, 3.8) is 0 Å². The topological polar surface area (TPSA) is 87.3 Å². The van der Waals surface area contributed by atoms with Crippen LogP contribution in [0.4, 0.5) is 0 Å². The third-order valence-electron chi connectivity index (χ3n) is 4.59. The Labute approximate surface area is 197 Å². The molecule has 1 amide bonds. The first-order chi connectivity index (χ1) is 15.0. The first kappa shape index (κ1) is 21.6. The zero-order valence-electron chi connectivity index (χ0n) is 16.9. The van der Waals surface area contributed by atoms with Crippen molar-refractivity contribution in [1.29, 1.82) is 5.41 Å². The summed E-state index contributed by atoms with van der Waals surface area (Å²) in [7, 11) is 1.57. The second-order valence-corrected chi connectivity index (χ2v) is 8.88. The lowest BCUT2D eigenvalue weighted by Crippen LogP contribution is -2.35. The average molecular weight is 546 g/mol. The van der Waals surface area contributed by atoms with Crippen LogP contribution in [0.3, 0.4) is 0 Å². The lowest BCUT2D eigenvalue weighted by Gasteiger charge is -2.20. The van der Waals surface area contributed by atoms with Gasteiger partial charge in [0, 0.05) is 0 Å². The van der Waals surface area contributed by atoms with E-state index in [1.54, 1.807) is 19.3 Å². The SMILES string of the molecule is CCC1=NN2C(=N)C(=Cc3cc(I)c(OCc4ccccc4)c(OC)c3)C(=O)N=C2S1. The van der Waals surface area contributed by atoms with Gasteiger partial charge in [-0.3, -0.25) is 10.2 Å². The maximum absolute atomic E-state index is 12.6. The molecular weight excluding hydrogens is 527 g/mol. The van der Waals surface area contributed by atoms with Gasteiger partial charge >= 0.3 is 0 Å². The summed E-state index contributed by atoms with van der Waals surface area (Å²) in [5, 5.41) is 15.5. The first-order valence-electron chi connectivity index (χ1n) is 9.53. The van der Waals surface area contributed by atoms with Crippen LogP contribution in [0.5, 0.6) is 11.5 Å². The van der Waals surface area contributed by atoms with Crippen LogP contribution >= 0.6 is 34.4 Å². The van der Waals surface area contributed by atoms with Crippen molar-refractivity contribution in [3.8, 4) is 11.5 Å². The number of hydrazone groups is 1. The molecule has 2 aliphatic rings. The van der Waals surface area contributed by atoms with Crippen molar-refractivity contribution in [1.82, 2.24) is 5.01 Å². The number of thioether (sulfide) groups is 1. The summed E-state index contributed by atoms with van der Waals surface area (Å²) >= 11 is 3.50. The van der Waals surface area contributed by atoms with E-state index in [2.05, 4.69) is 32.7 Å². The molecule has 2 heterocycles. The van der Waals surface area contributed by atoms with Gasteiger partial charge in [0.2, 0.25) is 5.17 Å². The lowest BCUT2D eigenvalue weighted by molar-refractivity contribution is -0.114. The minimum absolute atomic E-state index is 0.0179. The smallest absolute Gasteiger partial charge is 0.283 e. The van der Waals surface area contributed by atoms with Gasteiger partial charge in [-0.15, -0.1) is 0 Å². The highest BCUT2D eigenvalue weighted by Gasteiger charge is 2.35. The van der Waals surface area contributed by atoms with E-state index in [0.29, 0.717) is 28.8 Å². The molecule has 0 atom stereocenters. The standard InChI is InChI=1S/C22H19IN4O3S/c1-3-18-26-27-20(24)15(21(28)25-22(27)31-18)9-14-10-16(23)19(17(11-14)29-2)30-12-13-7-5-4-6-8-13/h4-11,24H,3,12H2,1-2H3. The average Bonchev–Trinajstić information content (AvgIpc) is 3.19. The fraction of sp³-hybridized carbons (Fsp3) is 0.182. The highest BCUT2D eigenvalue weighted by molar-refractivity contribution is 14.1.